The lowest BCUT2D eigenvalue weighted by Gasteiger charge is -2.32. The van der Waals surface area contributed by atoms with E-state index in [0.29, 0.717) is 0 Å². The van der Waals surface area contributed by atoms with Crippen LogP contribution in [0.1, 0.15) is 33.3 Å². The fourth-order valence-corrected chi connectivity index (χ4v) is 3.17. The molecule has 24 heavy (non-hydrogen) atoms. The highest BCUT2D eigenvalue weighted by Crippen LogP contribution is 2.37. The summed E-state index contributed by atoms with van der Waals surface area (Å²) in [6.07, 6.45) is 0.159. The maximum atomic E-state index is 11.9. The van der Waals surface area contributed by atoms with E-state index in [9.17, 15) is 4.79 Å². The molecular formula is C17H21BBrNO4. The Balaban J connectivity index is 2.10. The summed E-state index contributed by atoms with van der Waals surface area (Å²) in [4.78, 5) is 15.3. The molecule has 1 N–H and O–H groups in total. The van der Waals surface area contributed by atoms with Crippen LogP contribution in [0, 0.1) is 0 Å². The molecule has 5 nitrogen and oxygen atoms in total. The third-order valence-electron chi connectivity index (χ3n) is 4.94. The minimum Gasteiger partial charge on any atom is -0.469 e. The summed E-state index contributed by atoms with van der Waals surface area (Å²) < 4.78 is 18.1. The van der Waals surface area contributed by atoms with Crippen molar-refractivity contribution in [2.75, 3.05) is 7.11 Å². The van der Waals surface area contributed by atoms with Crippen molar-refractivity contribution in [2.24, 2.45) is 0 Å². The molecule has 0 unspecified atom stereocenters. The standard InChI is InChI=1S/C17H21BBrNO4/c1-16(2)17(3,4)24-18(23-16)15-12(9-14(21)22-5)11-8-10(19)6-7-13(11)20-15/h6-8,20H,9H2,1-5H3. The zero-order valence-corrected chi connectivity index (χ0v) is 16.1. The van der Waals surface area contributed by atoms with E-state index >= 15 is 0 Å². The van der Waals surface area contributed by atoms with E-state index in [2.05, 4.69) is 20.9 Å². The van der Waals surface area contributed by atoms with Crippen LogP contribution < -0.4 is 5.59 Å². The minimum atomic E-state index is -0.555. The first-order valence-corrected chi connectivity index (χ1v) is 8.66. The van der Waals surface area contributed by atoms with Crippen molar-refractivity contribution >= 4 is 45.5 Å². The minimum absolute atomic E-state index is 0.159. The van der Waals surface area contributed by atoms with Crippen LogP contribution in [-0.4, -0.2) is 36.4 Å². The number of esters is 1. The highest BCUT2D eigenvalue weighted by atomic mass is 79.9. The summed E-state index contributed by atoms with van der Waals surface area (Å²) in [5, 5.41) is 0.958. The number of nitrogens with one attached hydrogen (secondary N) is 1. The van der Waals surface area contributed by atoms with Crippen LogP contribution in [0.4, 0.5) is 0 Å². The fraction of sp³-hybridized carbons (Fsp3) is 0.471. The monoisotopic (exact) mass is 393 g/mol. The molecule has 128 valence electrons. The number of halogens is 1. The van der Waals surface area contributed by atoms with Crippen LogP contribution in [-0.2, 0) is 25.3 Å². The second-order valence-electron chi connectivity index (χ2n) is 7.05. The van der Waals surface area contributed by atoms with Crippen molar-refractivity contribution in [2.45, 2.75) is 45.3 Å². The molecule has 1 aromatic carbocycles. The second kappa shape index (κ2) is 5.90. The predicted molar refractivity (Wildman–Crippen MR) is 97.4 cm³/mol. The van der Waals surface area contributed by atoms with Crippen molar-refractivity contribution in [1.82, 2.24) is 4.98 Å². The molecule has 0 bridgehead atoms. The first-order valence-electron chi connectivity index (χ1n) is 7.87. The van der Waals surface area contributed by atoms with Gasteiger partial charge in [0.25, 0.3) is 0 Å². The lowest BCUT2D eigenvalue weighted by atomic mass is 9.80. The summed E-state index contributed by atoms with van der Waals surface area (Å²) in [6, 6.07) is 5.91. The lowest BCUT2D eigenvalue weighted by molar-refractivity contribution is -0.139. The summed E-state index contributed by atoms with van der Waals surface area (Å²) >= 11 is 3.49. The molecule has 0 aliphatic carbocycles. The number of hydrogen-bond donors (Lipinski definition) is 1. The Morgan fingerprint density at radius 2 is 1.88 bits per heavy atom. The molecule has 0 atom stereocenters. The average Bonchev–Trinajstić information content (AvgIpc) is 2.94. The Labute approximate surface area is 150 Å². The molecule has 1 aliphatic rings. The summed E-state index contributed by atoms with van der Waals surface area (Å²) in [5.74, 6) is -0.298. The van der Waals surface area contributed by atoms with Crippen molar-refractivity contribution in [3.63, 3.8) is 0 Å². The average molecular weight is 394 g/mol. The number of ether oxygens (including phenoxy) is 1. The highest BCUT2D eigenvalue weighted by molar-refractivity contribution is 9.10. The molecule has 2 aromatic rings. The maximum Gasteiger partial charge on any atom is 0.512 e. The molecule has 0 spiro atoms. The Kier molecular flexibility index (Phi) is 4.30. The highest BCUT2D eigenvalue weighted by Gasteiger charge is 2.53. The van der Waals surface area contributed by atoms with Gasteiger partial charge >= 0.3 is 13.1 Å². The number of rotatable bonds is 3. The number of hydrogen-bond acceptors (Lipinski definition) is 4. The smallest absolute Gasteiger partial charge is 0.469 e. The van der Waals surface area contributed by atoms with Gasteiger partial charge in [-0.3, -0.25) is 4.79 Å². The maximum absolute atomic E-state index is 11.9. The molecule has 1 aliphatic heterocycles. The van der Waals surface area contributed by atoms with Crippen LogP contribution in [0.25, 0.3) is 10.9 Å². The molecule has 2 heterocycles. The normalized spacial score (nSPS) is 19.0. The molecular weight excluding hydrogens is 373 g/mol. The first-order chi connectivity index (χ1) is 11.1. The number of carbonyl (C=O) groups is 1. The van der Waals surface area contributed by atoms with Gasteiger partial charge in [0.1, 0.15) is 0 Å². The van der Waals surface area contributed by atoms with Crippen molar-refractivity contribution in [3.8, 4) is 0 Å². The number of aromatic amines is 1. The van der Waals surface area contributed by atoms with Crippen molar-refractivity contribution in [1.29, 1.82) is 0 Å². The summed E-state index contributed by atoms with van der Waals surface area (Å²) in [5.41, 5.74) is 1.65. The third-order valence-corrected chi connectivity index (χ3v) is 5.43. The Bertz CT molecular complexity index is 783. The zero-order chi connectivity index (χ0) is 17.7. The zero-order valence-electron chi connectivity index (χ0n) is 14.5. The van der Waals surface area contributed by atoms with Crippen LogP contribution in [0.2, 0.25) is 0 Å². The first kappa shape index (κ1) is 17.5. The van der Waals surface area contributed by atoms with E-state index in [1.807, 2.05) is 45.9 Å². The molecule has 1 fully saturated rings. The van der Waals surface area contributed by atoms with Crippen LogP contribution in [0.5, 0.6) is 0 Å². The van der Waals surface area contributed by atoms with E-state index in [-0.39, 0.29) is 12.4 Å². The Hall–Kier alpha value is -1.31. The number of aromatic nitrogens is 1. The van der Waals surface area contributed by atoms with Gasteiger partial charge in [0.15, 0.2) is 0 Å². The largest absolute Gasteiger partial charge is 0.512 e. The fourth-order valence-electron chi connectivity index (χ4n) is 2.81. The van der Waals surface area contributed by atoms with Gasteiger partial charge < -0.3 is 19.0 Å². The quantitative estimate of drug-likeness (QED) is 0.643. The van der Waals surface area contributed by atoms with Gasteiger partial charge in [-0.25, -0.2) is 0 Å². The molecule has 3 rings (SSSR count). The van der Waals surface area contributed by atoms with Crippen LogP contribution in [0.15, 0.2) is 22.7 Å². The molecule has 7 heteroatoms. The summed E-state index contributed by atoms with van der Waals surface area (Å²) in [7, 11) is 0.836. The van der Waals surface area contributed by atoms with Gasteiger partial charge in [-0.1, -0.05) is 15.9 Å². The van der Waals surface area contributed by atoms with Crippen LogP contribution >= 0.6 is 15.9 Å². The van der Waals surface area contributed by atoms with Gasteiger partial charge in [-0.05, 0) is 51.5 Å². The number of H-pyrrole nitrogens is 1. The molecule has 1 aromatic heterocycles. The predicted octanol–water partition coefficient (Wildman–Crippen LogP) is 2.95. The van der Waals surface area contributed by atoms with Crippen LogP contribution in [0.3, 0.4) is 0 Å². The van der Waals surface area contributed by atoms with Gasteiger partial charge in [-0.15, -0.1) is 0 Å². The number of methoxy groups -OCH3 is 1. The molecule has 1 saturated heterocycles. The molecule has 0 saturated carbocycles. The van der Waals surface area contributed by atoms with Gasteiger partial charge in [0, 0.05) is 15.4 Å². The van der Waals surface area contributed by atoms with E-state index < -0.39 is 18.3 Å². The topological polar surface area (TPSA) is 60.6 Å². The Morgan fingerprint density at radius 1 is 1.25 bits per heavy atom. The lowest BCUT2D eigenvalue weighted by Crippen LogP contribution is -2.41. The number of fused-ring (bicyclic) bond motifs is 1. The van der Waals surface area contributed by atoms with E-state index in [1.54, 1.807) is 0 Å². The van der Waals surface area contributed by atoms with E-state index in [0.717, 1.165) is 26.5 Å². The molecule has 0 radical (unpaired) electrons. The van der Waals surface area contributed by atoms with Gasteiger partial charge in [-0.2, -0.15) is 0 Å². The second-order valence-corrected chi connectivity index (χ2v) is 7.96. The number of benzene rings is 1. The third kappa shape index (κ3) is 2.89. The van der Waals surface area contributed by atoms with Gasteiger partial charge in [0.2, 0.25) is 0 Å². The summed E-state index contributed by atoms with van der Waals surface area (Å²) in [6.45, 7) is 8.02. The SMILES string of the molecule is COC(=O)Cc1c(B2OC(C)(C)C(C)(C)O2)[nH]c2ccc(Br)cc12. The van der Waals surface area contributed by atoms with Crippen molar-refractivity contribution in [3.05, 3.63) is 28.2 Å². The number of carbonyl (C=O) groups excluding carboxylic acids is 1. The van der Waals surface area contributed by atoms with E-state index in [1.165, 1.54) is 7.11 Å². The molecule has 0 amide bonds. The Morgan fingerprint density at radius 3 is 2.46 bits per heavy atom. The van der Waals surface area contributed by atoms with E-state index in [4.69, 9.17) is 14.0 Å². The van der Waals surface area contributed by atoms with Crippen molar-refractivity contribution < 1.29 is 18.8 Å². The van der Waals surface area contributed by atoms with Gasteiger partial charge in [0.05, 0.1) is 30.3 Å².